The minimum atomic E-state index is -0.00264. The first-order chi connectivity index (χ1) is 8.31. The predicted molar refractivity (Wildman–Crippen MR) is 67.9 cm³/mol. The van der Waals surface area contributed by atoms with E-state index in [0.717, 1.165) is 5.56 Å². The predicted octanol–water partition coefficient (Wildman–Crippen LogP) is 2.40. The maximum atomic E-state index is 12.3. The summed E-state index contributed by atoms with van der Waals surface area (Å²) in [6.45, 7) is 0.360. The maximum Gasteiger partial charge on any atom is 0.200 e. The summed E-state index contributed by atoms with van der Waals surface area (Å²) in [5, 5.41) is 1.20. The van der Waals surface area contributed by atoms with Gasteiger partial charge in [0.2, 0.25) is 5.43 Å². The number of nitrogens with two attached hydrogens (primary N) is 1. The summed E-state index contributed by atoms with van der Waals surface area (Å²) in [4.78, 5) is 12.3. The molecule has 3 nitrogen and oxygen atoms in total. The monoisotopic (exact) mass is 225 g/mol. The Morgan fingerprint density at radius 3 is 2.59 bits per heavy atom. The van der Waals surface area contributed by atoms with Crippen molar-refractivity contribution >= 4 is 21.9 Å². The Labute approximate surface area is 97.5 Å². The van der Waals surface area contributed by atoms with Crippen molar-refractivity contribution in [1.82, 2.24) is 0 Å². The van der Waals surface area contributed by atoms with Gasteiger partial charge >= 0.3 is 0 Å². The van der Waals surface area contributed by atoms with E-state index in [1.807, 2.05) is 24.3 Å². The molecule has 84 valence electrons. The lowest BCUT2D eigenvalue weighted by atomic mass is 10.1. The average Bonchev–Trinajstić information content (AvgIpc) is 2.38. The van der Waals surface area contributed by atoms with E-state index < -0.39 is 0 Å². The van der Waals surface area contributed by atoms with Crippen molar-refractivity contribution in [2.24, 2.45) is 5.73 Å². The Morgan fingerprint density at radius 2 is 1.76 bits per heavy atom. The van der Waals surface area contributed by atoms with Crippen LogP contribution in [0.25, 0.3) is 21.9 Å². The van der Waals surface area contributed by atoms with Gasteiger partial charge in [-0.05, 0) is 18.2 Å². The highest BCUT2D eigenvalue weighted by Crippen LogP contribution is 2.21. The van der Waals surface area contributed by atoms with Gasteiger partial charge in [-0.2, -0.15) is 0 Å². The molecule has 2 N–H and O–H groups in total. The first-order valence-corrected chi connectivity index (χ1v) is 5.45. The molecule has 0 spiro atoms. The molecule has 0 radical (unpaired) electrons. The van der Waals surface area contributed by atoms with Crippen LogP contribution in [0.15, 0.2) is 51.7 Å². The first-order valence-electron chi connectivity index (χ1n) is 5.45. The van der Waals surface area contributed by atoms with Gasteiger partial charge in [-0.3, -0.25) is 4.79 Å². The second-order valence-corrected chi connectivity index (χ2v) is 3.93. The fourth-order valence-electron chi connectivity index (χ4n) is 2.04. The molecule has 0 saturated heterocycles. The lowest BCUT2D eigenvalue weighted by Gasteiger charge is -2.04. The van der Waals surface area contributed by atoms with Crippen LogP contribution in [-0.2, 0) is 6.54 Å². The van der Waals surface area contributed by atoms with Crippen molar-refractivity contribution in [1.29, 1.82) is 0 Å². The number of hydrogen-bond donors (Lipinski definition) is 1. The number of rotatable bonds is 1. The molecule has 0 aliphatic rings. The van der Waals surface area contributed by atoms with E-state index in [2.05, 4.69) is 0 Å². The van der Waals surface area contributed by atoms with E-state index in [-0.39, 0.29) is 5.43 Å². The average molecular weight is 225 g/mol. The topological polar surface area (TPSA) is 56.2 Å². The zero-order chi connectivity index (χ0) is 11.8. The molecule has 0 amide bonds. The molecule has 0 bridgehead atoms. The zero-order valence-electron chi connectivity index (χ0n) is 9.14. The molecular weight excluding hydrogens is 214 g/mol. The SMILES string of the molecule is NCc1cccc2c(=O)c3ccccc3oc12. The zero-order valence-corrected chi connectivity index (χ0v) is 9.14. The van der Waals surface area contributed by atoms with Gasteiger partial charge in [-0.15, -0.1) is 0 Å². The molecule has 0 aliphatic carbocycles. The Kier molecular flexibility index (Phi) is 2.20. The molecule has 3 heteroatoms. The fraction of sp³-hybridized carbons (Fsp3) is 0.0714. The molecule has 3 rings (SSSR count). The highest BCUT2D eigenvalue weighted by molar-refractivity contribution is 5.90. The van der Waals surface area contributed by atoms with Crippen LogP contribution in [0.1, 0.15) is 5.56 Å². The molecule has 0 atom stereocenters. The Bertz CT molecular complexity index is 759. The largest absolute Gasteiger partial charge is 0.455 e. The van der Waals surface area contributed by atoms with Crippen LogP contribution in [-0.4, -0.2) is 0 Å². The fourth-order valence-corrected chi connectivity index (χ4v) is 2.04. The summed E-state index contributed by atoms with van der Waals surface area (Å²) < 4.78 is 5.77. The van der Waals surface area contributed by atoms with E-state index in [4.69, 9.17) is 10.2 Å². The van der Waals surface area contributed by atoms with Gasteiger partial charge in [0.05, 0.1) is 10.8 Å². The van der Waals surface area contributed by atoms with E-state index in [1.54, 1.807) is 18.2 Å². The number of para-hydroxylation sites is 2. The van der Waals surface area contributed by atoms with Gasteiger partial charge < -0.3 is 10.2 Å². The molecule has 3 aromatic rings. The molecule has 0 unspecified atom stereocenters. The standard InChI is InChI=1S/C14H11NO2/c15-8-9-4-3-6-11-13(16)10-5-1-2-7-12(10)17-14(9)11/h1-7H,8,15H2. The smallest absolute Gasteiger partial charge is 0.200 e. The second kappa shape index (κ2) is 3.71. The van der Waals surface area contributed by atoms with Gasteiger partial charge in [-0.1, -0.05) is 24.3 Å². The van der Waals surface area contributed by atoms with Crippen molar-refractivity contribution in [3.8, 4) is 0 Å². The Balaban J connectivity index is 2.59. The summed E-state index contributed by atoms with van der Waals surface area (Å²) in [6, 6.07) is 12.7. The minimum absolute atomic E-state index is 0.00264. The van der Waals surface area contributed by atoms with Crippen molar-refractivity contribution in [3.05, 3.63) is 58.3 Å². The highest BCUT2D eigenvalue weighted by atomic mass is 16.3. The summed E-state index contributed by atoms with van der Waals surface area (Å²) >= 11 is 0. The third kappa shape index (κ3) is 1.44. The second-order valence-electron chi connectivity index (χ2n) is 3.93. The molecule has 1 heterocycles. The van der Waals surface area contributed by atoms with Gasteiger partial charge in [0, 0.05) is 12.1 Å². The number of benzene rings is 2. The number of hydrogen-bond acceptors (Lipinski definition) is 3. The van der Waals surface area contributed by atoms with Crippen LogP contribution in [0, 0.1) is 0 Å². The Morgan fingerprint density at radius 1 is 1.00 bits per heavy atom. The molecule has 17 heavy (non-hydrogen) atoms. The minimum Gasteiger partial charge on any atom is -0.455 e. The van der Waals surface area contributed by atoms with Crippen molar-refractivity contribution < 1.29 is 4.42 Å². The van der Waals surface area contributed by atoms with Crippen molar-refractivity contribution in [2.45, 2.75) is 6.54 Å². The third-order valence-electron chi connectivity index (χ3n) is 2.90. The maximum absolute atomic E-state index is 12.3. The Hall–Kier alpha value is -2.13. The van der Waals surface area contributed by atoms with Crippen LogP contribution in [0.3, 0.4) is 0 Å². The van der Waals surface area contributed by atoms with Gasteiger partial charge in [0.15, 0.2) is 0 Å². The third-order valence-corrected chi connectivity index (χ3v) is 2.90. The van der Waals surface area contributed by atoms with Crippen LogP contribution >= 0.6 is 0 Å². The van der Waals surface area contributed by atoms with Crippen LogP contribution in [0.5, 0.6) is 0 Å². The van der Waals surface area contributed by atoms with E-state index in [9.17, 15) is 4.79 Å². The van der Waals surface area contributed by atoms with Gasteiger partial charge in [0.25, 0.3) is 0 Å². The molecule has 0 fully saturated rings. The lowest BCUT2D eigenvalue weighted by molar-refractivity contribution is 0.654. The summed E-state index contributed by atoms with van der Waals surface area (Å²) in [5.74, 6) is 0. The van der Waals surface area contributed by atoms with Crippen LogP contribution in [0.2, 0.25) is 0 Å². The van der Waals surface area contributed by atoms with Crippen LogP contribution < -0.4 is 11.2 Å². The van der Waals surface area contributed by atoms with E-state index in [1.165, 1.54) is 0 Å². The summed E-state index contributed by atoms with van der Waals surface area (Å²) in [5.41, 5.74) is 7.70. The van der Waals surface area contributed by atoms with Gasteiger partial charge in [0.1, 0.15) is 11.2 Å². The van der Waals surface area contributed by atoms with Crippen molar-refractivity contribution in [2.75, 3.05) is 0 Å². The van der Waals surface area contributed by atoms with E-state index >= 15 is 0 Å². The van der Waals surface area contributed by atoms with Gasteiger partial charge in [-0.25, -0.2) is 0 Å². The quantitative estimate of drug-likeness (QED) is 0.647. The summed E-state index contributed by atoms with van der Waals surface area (Å²) in [6.07, 6.45) is 0. The molecule has 0 aliphatic heterocycles. The lowest BCUT2D eigenvalue weighted by Crippen LogP contribution is -2.05. The molecule has 2 aromatic carbocycles. The van der Waals surface area contributed by atoms with Crippen molar-refractivity contribution in [3.63, 3.8) is 0 Å². The highest BCUT2D eigenvalue weighted by Gasteiger charge is 2.09. The molecular formula is C14H11NO2. The number of fused-ring (bicyclic) bond motifs is 2. The first kappa shape index (κ1) is 10.1. The normalized spacial score (nSPS) is 11.1. The van der Waals surface area contributed by atoms with Crippen LogP contribution in [0.4, 0.5) is 0 Å². The molecule has 0 saturated carbocycles. The molecule has 1 aromatic heterocycles. The summed E-state index contributed by atoms with van der Waals surface area (Å²) in [7, 11) is 0. The van der Waals surface area contributed by atoms with E-state index in [0.29, 0.717) is 28.5 Å².